The van der Waals surface area contributed by atoms with Gasteiger partial charge in [-0.25, -0.2) is 0 Å². The van der Waals surface area contributed by atoms with E-state index in [4.69, 9.17) is 9.47 Å². The van der Waals surface area contributed by atoms with Crippen molar-refractivity contribution in [1.29, 1.82) is 0 Å². The molecule has 3 rings (SSSR count). The van der Waals surface area contributed by atoms with Crippen molar-refractivity contribution in [3.8, 4) is 0 Å². The van der Waals surface area contributed by atoms with E-state index < -0.39 is 22.6 Å². The molecule has 1 aliphatic rings. The Balaban J connectivity index is 2.23. The van der Waals surface area contributed by atoms with Crippen molar-refractivity contribution in [2.45, 2.75) is 4.75 Å². The topological polar surface area (TPSA) is 52.6 Å². The minimum atomic E-state index is -0.686. The van der Waals surface area contributed by atoms with Crippen LogP contribution < -0.4 is 0 Å². The average molecular weight is 356 g/mol. The van der Waals surface area contributed by atoms with Gasteiger partial charge in [0.25, 0.3) is 0 Å². The normalized spacial score (nSPS) is 21.5. The van der Waals surface area contributed by atoms with Crippen molar-refractivity contribution in [3.63, 3.8) is 0 Å². The van der Waals surface area contributed by atoms with Gasteiger partial charge in [-0.15, -0.1) is 11.8 Å². The summed E-state index contributed by atoms with van der Waals surface area (Å²) in [7, 11) is 2.72. The molecular weight excluding hydrogens is 336 g/mol. The van der Waals surface area contributed by atoms with Crippen molar-refractivity contribution in [2.24, 2.45) is 11.8 Å². The Morgan fingerprint density at radius 2 is 1.36 bits per heavy atom. The second-order valence-corrected chi connectivity index (χ2v) is 7.18. The maximum Gasteiger partial charge on any atom is 0.311 e. The molecule has 1 heterocycles. The summed E-state index contributed by atoms with van der Waals surface area (Å²) in [6, 6.07) is 19.6. The molecule has 5 heteroatoms. The highest BCUT2D eigenvalue weighted by Gasteiger charge is 2.58. The molecule has 0 spiro atoms. The number of thioether (sulfide) groups is 1. The Hall–Kier alpha value is -2.27. The molecule has 0 radical (unpaired) electrons. The number of esters is 2. The lowest BCUT2D eigenvalue weighted by Crippen LogP contribution is -2.41. The van der Waals surface area contributed by atoms with E-state index in [0.29, 0.717) is 5.75 Å². The van der Waals surface area contributed by atoms with Gasteiger partial charge in [-0.2, -0.15) is 0 Å². The first-order valence-corrected chi connectivity index (χ1v) is 9.04. The van der Waals surface area contributed by atoms with Crippen LogP contribution in [-0.2, 0) is 23.8 Å². The molecule has 0 unspecified atom stereocenters. The van der Waals surface area contributed by atoms with Gasteiger partial charge in [-0.3, -0.25) is 9.59 Å². The molecular formula is C20H20O4S. The maximum absolute atomic E-state index is 12.8. The van der Waals surface area contributed by atoms with Gasteiger partial charge in [-0.05, 0) is 11.1 Å². The molecule has 25 heavy (non-hydrogen) atoms. The van der Waals surface area contributed by atoms with Crippen molar-refractivity contribution in [1.82, 2.24) is 0 Å². The first-order chi connectivity index (χ1) is 12.1. The lowest BCUT2D eigenvalue weighted by Gasteiger charge is -2.35. The monoisotopic (exact) mass is 356 g/mol. The van der Waals surface area contributed by atoms with E-state index in [1.165, 1.54) is 14.2 Å². The van der Waals surface area contributed by atoms with Crippen LogP contribution in [-0.4, -0.2) is 31.9 Å². The summed E-state index contributed by atoms with van der Waals surface area (Å²) < 4.78 is 9.38. The molecule has 4 nitrogen and oxygen atoms in total. The fourth-order valence-corrected chi connectivity index (χ4v) is 5.38. The lowest BCUT2D eigenvalue weighted by molar-refractivity contribution is -0.157. The van der Waals surface area contributed by atoms with E-state index in [1.54, 1.807) is 11.8 Å². The highest BCUT2D eigenvalue weighted by atomic mass is 32.2. The van der Waals surface area contributed by atoms with Gasteiger partial charge in [0.2, 0.25) is 0 Å². The fourth-order valence-electron chi connectivity index (χ4n) is 3.57. The van der Waals surface area contributed by atoms with Crippen LogP contribution in [0.15, 0.2) is 60.7 Å². The van der Waals surface area contributed by atoms with Crippen LogP contribution >= 0.6 is 11.8 Å². The highest BCUT2D eigenvalue weighted by molar-refractivity contribution is 8.00. The molecule has 1 fully saturated rings. The fraction of sp³-hybridized carbons (Fsp3) is 0.300. The molecule has 0 bridgehead atoms. The number of hydrogen-bond acceptors (Lipinski definition) is 5. The number of carbonyl (C=O) groups is 2. The number of methoxy groups -OCH3 is 2. The first kappa shape index (κ1) is 17.5. The summed E-state index contributed by atoms with van der Waals surface area (Å²) in [5, 5.41) is 0. The largest absolute Gasteiger partial charge is 0.469 e. The van der Waals surface area contributed by atoms with E-state index in [0.717, 1.165) is 11.1 Å². The van der Waals surface area contributed by atoms with Gasteiger partial charge in [0, 0.05) is 5.75 Å². The highest BCUT2D eigenvalue weighted by Crippen LogP contribution is 2.57. The van der Waals surface area contributed by atoms with E-state index >= 15 is 0 Å². The number of hydrogen-bond donors (Lipinski definition) is 0. The zero-order valence-electron chi connectivity index (χ0n) is 14.2. The number of carbonyl (C=O) groups excluding carboxylic acids is 2. The maximum atomic E-state index is 12.8. The molecule has 0 aliphatic carbocycles. The van der Waals surface area contributed by atoms with Crippen LogP contribution in [0.25, 0.3) is 0 Å². The Bertz CT molecular complexity index is 705. The zero-order chi connectivity index (χ0) is 17.9. The van der Waals surface area contributed by atoms with Gasteiger partial charge in [0.05, 0.1) is 30.8 Å². The molecule has 2 atom stereocenters. The molecule has 2 aromatic rings. The summed E-state index contributed by atoms with van der Waals surface area (Å²) in [6.45, 7) is 0. The quantitative estimate of drug-likeness (QED) is 0.787. The molecule has 2 aromatic carbocycles. The second kappa shape index (κ2) is 7.31. The molecule has 1 aliphatic heterocycles. The van der Waals surface area contributed by atoms with Gasteiger partial charge in [0.15, 0.2) is 0 Å². The van der Waals surface area contributed by atoms with Gasteiger partial charge < -0.3 is 9.47 Å². The molecule has 1 saturated heterocycles. The molecule has 130 valence electrons. The first-order valence-electron chi connectivity index (χ1n) is 8.05. The third kappa shape index (κ3) is 2.93. The SMILES string of the molecule is COC(=O)[C@H]1CSC(c2ccccc2)(c2ccccc2)[C@@H]1C(=O)OC. The van der Waals surface area contributed by atoms with E-state index in [-0.39, 0.29) is 5.97 Å². The van der Waals surface area contributed by atoms with E-state index in [2.05, 4.69) is 0 Å². The predicted octanol–water partition coefficient (Wildman–Crippen LogP) is 3.26. The van der Waals surface area contributed by atoms with Crippen LogP contribution in [0.3, 0.4) is 0 Å². The smallest absolute Gasteiger partial charge is 0.311 e. The molecule has 0 aromatic heterocycles. The Morgan fingerprint density at radius 1 is 0.880 bits per heavy atom. The van der Waals surface area contributed by atoms with Crippen LogP contribution in [0.1, 0.15) is 11.1 Å². The van der Waals surface area contributed by atoms with Gasteiger partial charge in [0.1, 0.15) is 0 Å². The zero-order valence-corrected chi connectivity index (χ0v) is 15.0. The van der Waals surface area contributed by atoms with Crippen LogP contribution in [0.4, 0.5) is 0 Å². The van der Waals surface area contributed by atoms with Crippen molar-refractivity contribution >= 4 is 23.7 Å². The van der Waals surface area contributed by atoms with E-state index in [1.807, 2.05) is 60.7 Å². The average Bonchev–Trinajstić information content (AvgIpc) is 3.09. The summed E-state index contributed by atoms with van der Waals surface area (Å²) >= 11 is 1.60. The summed E-state index contributed by atoms with van der Waals surface area (Å²) in [5.74, 6) is -1.48. The minimum absolute atomic E-state index is 0.378. The lowest BCUT2D eigenvalue weighted by atomic mass is 9.74. The summed E-state index contributed by atoms with van der Waals surface area (Å²) in [6.07, 6.45) is 0. The van der Waals surface area contributed by atoms with Crippen molar-refractivity contribution in [2.75, 3.05) is 20.0 Å². The Labute approximate surface area is 151 Å². The van der Waals surface area contributed by atoms with Crippen LogP contribution in [0.5, 0.6) is 0 Å². The van der Waals surface area contributed by atoms with Gasteiger partial charge in [-0.1, -0.05) is 60.7 Å². The van der Waals surface area contributed by atoms with Crippen LogP contribution in [0, 0.1) is 11.8 Å². The molecule has 0 N–H and O–H groups in total. The number of benzene rings is 2. The third-order valence-corrected chi connectivity index (χ3v) is 6.40. The predicted molar refractivity (Wildman–Crippen MR) is 97.1 cm³/mol. The second-order valence-electron chi connectivity index (χ2n) is 5.91. The van der Waals surface area contributed by atoms with Crippen LogP contribution in [0.2, 0.25) is 0 Å². The van der Waals surface area contributed by atoms with Gasteiger partial charge >= 0.3 is 11.9 Å². The van der Waals surface area contributed by atoms with Crippen molar-refractivity contribution < 1.29 is 19.1 Å². The standard InChI is InChI=1S/C20H20O4S/c1-23-18(21)16-13-25-20(17(16)19(22)24-2,14-9-5-3-6-10-14)15-11-7-4-8-12-15/h3-12,16-17H,13H2,1-2H3/t16-,17-/m0/s1. The summed E-state index contributed by atoms with van der Waals surface area (Å²) in [5.41, 5.74) is 1.96. The Kier molecular flexibility index (Phi) is 5.13. The molecule has 0 amide bonds. The Morgan fingerprint density at radius 3 is 1.80 bits per heavy atom. The third-order valence-electron chi connectivity index (χ3n) is 4.70. The summed E-state index contributed by atoms with van der Waals surface area (Å²) in [4.78, 5) is 25.1. The van der Waals surface area contributed by atoms with Crippen molar-refractivity contribution in [3.05, 3.63) is 71.8 Å². The number of rotatable bonds is 4. The minimum Gasteiger partial charge on any atom is -0.469 e. The number of ether oxygens (including phenoxy) is 2. The van der Waals surface area contributed by atoms with E-state index in [9.17, 15) is 9.59 Å². The molecule has 0 saturated carbocycles.